The number of piperidine rings is 1. The molecular weight excluding hydrogens is 356 g/mol. The molecule has 4 atom stereocenters. The zero-order valence-corrected chi connectivity index (χ0v) is 15.8. The van der Waals surface area contributed by atoms with E-state index < -0.39 is 35.4 Å². The van der Waals surface area contributed by atoms with Crippen molar-refractivity contribution in [2.75, 3.05) is 6.61 Å². The predicted molar refractivity (Wildman–Crippen MR) is 102 cm³/mol. The minimum atomic E-state index is -1.99. The minimum Gasteiger partial charge on any atom is -0.466 e. The molecule has 1 heterocycles. The first kappa shape index (κ1) is 19.6. The average molecular weight is 378 g/mol. The van der Waals surface area contributed by atoms with E-state index in [9.17, 15) is 20.0 Å². The van der Waals surface area contributed by atoms with Crippen molar-refractivity contribution in [1.29, 1.82) is 5.26 Å². The maximum Gasteiger partial charge on any atom is 0.314 e. The lowest BCUT2D eigenvalue weighted by Crippen LogP contribution is -2.62. The van der Waals surface area contributed by atoms with Gasteiger partial charge in [-0.3, -0.25) is 9.59 Å². The number of nitrogens with zero attached hydrogens (tertiary/aromatic N) is 1. The van der Waals surface area contributed by atoms with Gasteiger partial charge in [0.2, 0.25) is 5.91 Å². The number of rotatable bonds is 4. The molecule has 1 fully saturated rings. The van der Waals surface area contributed by atoms with Gasteiger partial charge in [-0.2, -0.15) is 5.26 Å². The van der Waals surface area contributed by atoms with Crippen LogP contribution in [0.25, 0.3) is 0 Å². The highest BCUT2D eigenvalue weighted by molar-refractivity contribution is 5.88. The van der Waals surface area contributed by atoms with Gasteiger partial charge in [-0.05, 0) is 19.4 Å². The van der Waals surface area contributed by atoms with Crippen LogP contribution < -0.4 is 5.32 Å². The van der Waals surface area contributed by atoms with Crippen LogP contribution in [0, 0.1) is 30.1 Å². The van der Waals surface area contributed by atoms with Gasteiger partial charge in [0.1, 0.15) is 11.8 Å². The monoisotopic (exact) mass is 378 g/mol. The standard InChI is InChI=1S/C22H22N2O4/c1-3-28-21(26)19-18(15-11-9-14(2)10-12-15)17(13-23)20(25)24-22(19,27)16-7-5-4-6-8-16/h4-12,17-19,27H,3H2,1-2H3,(H,24,25). The smallest absolute Gasteiger partial charge is 0.314 e. The summed E-state index contributed by atoms with van der Waals surface area (Å²) in [4.78, 5) is 25.7. The summed E-state index contributed by atoms with van der Waals surface area (Å²) in [5.41, 5.74) is -0.00845. The van der Waals surface area contributed by atoms with Crippen molar-refractivity contribution < 1.29 is 19.4 Å². The fourth-order valence-corrected chi connectivity index (χ4v) is 3.76. The summed E-state index contributed by atoms with van der Waals surface area (Å²) in [6.45, 7) is 3.71. The fraction of sp³-hybridized carbons (Fsp3) is 0.318. The predicted octanol–water partition coefficient (Wildman–Crippen LogP) is 2.37. The van der Waals surface area contributed by atoms with E-state index in [1.54, 1.807) is 49.4 Å². The molecule has 2 aromatic rings. The Labute approximate surface area is 163 Å². The number of nitriles is 1. The number of nitrogens with one attached hydrogen (secondary N) is 1. The van der Waals surface area contributed by atoms with Crippen molar-refractivity contribution in [3.63, 3.8) is 0 Å². The number of amides is 1. The van der Waals surface area contributed by atoms with E-state index in [4.69, 9.17) is 4.74 Å². The number of hydrogen-bond acceptors (Lipinski definition) is 5. The third-order valence-corrected chi connectivity index (χ3v) is 5.12. The number of benzene rings is 2. The molecule has 28 heavy (non-hydrogen) atoms. The number of ether oxygens (including phenoxy) is 1. The first-order valence-electron chi connectivity index (χ1n) is 9.15. The Morgan fingerprint density at radius 1 is 1.21 bits per heavy atom. The van der Waals surface area contributed by atoms with Crippen LogP contribution in [-0.4, -0.2) is 23.6 Å². The number of esters is 1. The van der Waals surface area contributed by atoms with E-state index in [1.807, 2.05) is 25.1 Å². The van der Waals surface area contributed by atoms with E-state index >= 15 is 0 Å². The molecule has 0 radical (unpaired) electrons. The normalized spacial score (nSPS) is 26.8. The lowest BCUT2D eigenvalue weighted by molar-refractivity contribution is -0.175. The van der Waals surface area contributed by atoms with Crippen LogP contribution in [0.4, 0.5) is 0 Å². The maximum absolute atomic E-state index is 13.0. The molecule has 1 aliphatic heterocycles. The van der Waals surface area contributed by atoms with Gasteiger partial charge in [-0.15, -0.1) is 0 Å². The van der Waals surface area contributed by atoms with Gasteiger partial charge in [-0.25, -0.2) is 0 Å². The molecule has 0 saturated carbocycles. The molecule has 0 bridgehead atoms. The second kappa shape index (κ2) is 7.83. The van der Waals surface area contributed by atoms with Crippen LogP contribution in [0.15, 0.2) is 54.6 Å². The molecule has 1 aliphatic rings. The van der Waals surface area contributed by atoms with Gasteiger partial charge in [0.25, 0.3) is 0 Å². The first-order chi connectivity index (χ1) is 13.4. The summed E-state index contributed by atoms with van der Waals surface area (Å²) in [5.74, 6) is -4.47. The summed E-state index contributed by atoms with van der Waals surface area (Å²) >= 11 is 0. The minimum absolute atomic E-state index is 0.117. The van der Waals surface area contributed by atoms with Crippen molar-refractivity contribution >= 4 is 11.9 Å². The molecule has 2 N–H and O–H groups in total. The number of carbonyl (C=O) groups is 2. The van der Waals surface area contributed by atoms with Gasteiger partial charge in [-0.1, -0.05) is 60.2 Å². The number of carbonyl (C=O) groups excluding carboxylic acids is 2. The van der Waals surface area contributed by atoms with Crippen molar-refractivity contribution in [2.24, 2.45) is 11.8 Å². The fourth-order valence-electron chi connectivity index (χ4n) is 3.76. The Morgan fingerprint density at radius 3 is 2.43 bits per heavy atom. The molecule has 1 amide bonds. The van der Waals surface area contributed by atoms with Crippen molar-refractivity contribution in [2.45, 2.75) is 25.5 Å². The quantitative estimate of drug-likeness (QED) is 0.796. The van der Waals surface area contributed by atoms with Gasteiger partial charge in [0.05, 0.1) is 12.7 Å². The second-order valence-corrected chi connectivity index (χ2v) is 6.89. The molecule has 0 spiro atoms. The summed E-state index contributed by atoms with van der Waals surface area (Å²) in [6.07, 6.45) is 0. The molecule has 4 unspecified atom stereocenters. The van der Waals surface area contributed by atoms with Crippen molar-refractivity contribution in [3.05, 3.63) is 71.3 Å². The van der Waals surface area contributed by atoms with Gasteiger partial charge < -0.3 is 15.2 Å². The summed E-state index contributed by atoms with van der Waals surface area (Å²) in [7, 11) is 0. The first-order valence-corrected chi connectivity index (χ1v) is 9.15. The Bertz CT molecular complexity index is 904. The summed E-state index contributed by atoms with van der Waals surface area (Å²) in [6, 6.07) is 17.7. The van der Waals surface area contributed by atoms with Crippen LogP contribution in [0.3, 0.4) is 0 Å². The highest BCUT2D eigenvalue weighted by atomic mass is 16.5. The summed E-state index contributed by atoms with van der Waals surface area (Å²) < 4.78 is 5.24. The largest absolute Gasteiger partial charge is 0.466 e. The highest BCUT2D eigenvalue weighted by Gasteiger charge is 2.57. The lowest BCUT2D eigenvalue weighted by atomic mass is 9.67. The van der Waals surface area contributed by atoms with E-state index in [-0.39, 0.29) is 6.61 Å². The maximum atomic E-state index is 13.0. The van der Waals surface area contributed by atoms with Crippen molar-refractivity contribution in [3.8, 4) is 6.07 Å². The molecule has 6 nitrogen and oxygen atoms in total. The molecular formula is C22H22N2O4. The van der Waals surface area contributed by atoms with E-state index in [0.29, 0.717) is 11.1 Å². The molecule has 144 valence electrons. The lowest BCUT2D eigenvalue weighted by Gasteiger charge is -2.45. The van der Waals surface area contributed by atoms with Crippen LogP contribution >= 0.6 is 0 Å². The number of aliphatic hydroxyl groups is 1. The topological polar surface area (TPSA) is 99.4 Å². The van der Waals surface area contributed by atoms with Crippen LogP contribution in [0.1, 0.15) is 29.5 Å². The van der Waals surface area contributed by atoms with Gasteiger partial charge >= 0.3 is 5.97 Å². The van der Waals surface area contributed by atoms with E-state index in [2.05, 4.69) is 5.32 Å². The molecule has 2 aromatic carbocycles. The Morgan fingerprint density at radius 2 is 1.86 bits per heavy atom. The second-order valence-electron chi connectivity index (χ2n) is 6.89. The van der Waals surface area contributed by atoms with Gasteiger partial charge in [0.15, 0.2) is 5.72 Å². The van der Waals surface area contributed by atoms with Crippen LogP contribution in [-0.2, 0) is 20.1 Å². The zero-order valence-electron chi connectivity index (χ0n) is 15.8. The molecule has 0 aromatic heterocycles. The zero-order chi connectivity index (χ0) is 20.3. The Balaban J connectivity index is 2.21. The Kier molecular flexibility index (Phi) is 5.48. The summed E-state index contributed by atoms with van der Waals surface area (Å²) in [5, 5.41) is 23.7. The van der Waals surface area contributed by atoms with E-state index in [1.165, 1.54) is 0 Å². The molecule has 0 aliphatic carbocycles. The van der Waals surface area contributed by atoms with Gasteiger partial charge in [0, 0.05) is 11.5 Å². The molecule has 6 heteroatoms. The molecule has 3 rings (SSSR count). The number of hydrogen-bond donors (Lipinski definition) is 2. The average Bonchev–Trinajstić information content (AvgIpc) is 2.69. The highest BCUT2D eigenvalue weighted by Crippen LogP contribution is 2.46. The van der Waals surface area contributed by atoms with Crippen LogP contribution in [0.5, 0.6) is 0 Å². The third-order valence-electron chi connectivity index (χ3n) is 5.12. The molecule has 1 saturated heterocycles. The SMILES string of the molecule is CCOC(=O)C1C(c2ccc(C)cc2)C(C#N)C(=O)NC1(O)c1ccccc1. The third kappa shape index (κ3) is 3.37. The van der Waals surface area contributed by atoms with Crippen molar-refractivity contribution in [1.82, 2.24) is 5.32 Å². The number of aryl methyl sites for hydroxylation is 1. The van der Waals surface area contributed by atoms with Crippen LogP contribution in [0.2, 0.25) is 0 Å². The Hall–Kier alpha value is -3.17. The van der Waals surface area contributed by atoms with E-state index in [0.717, 1.165) is 5.56 Å².